The molecule has 2 atom stereocenters. The first kappa shape index (κ1) is 46.0. The smallest absolute Gasteiger partial charge is 0.462 e. The fourth-order valence-electron chi connectivity index (χ4n) is 5.75. The summed E-state index contributed by atoms with van der Waals surface area (Å²) in [5, 5.41) is 0. The molecule has 0 saturated heterocycles. The molecule has 0 rings (SSSR count). The molecule has 0 aliphatic rings. The van der Waals surface area contributed by atoms with E-state index in [1.165, 1.54) is 135 Å². The van der Waals surface area contributed by atoms with Crippen molar-refractivity contribution >= 4 is 19.8 Å². The zero-order valence-corrected chi connectivity index (χ0v) is 31.9. The van der Waals surface area contributed by atoms with Gasteiger partial charge in [-0.2, -0.15) is 0 Å². The minimum absolute atomic E-state index is 0.00542. The standard InChI is InChI=1S/C38H75O8P/c1-4-7-9-11-13-15-17-19-21-23-25-27-29-31-33-38(40)46-36(35-45-47(41,42)44-6-3)34-43-37(39)32-30-28-26-24-22-20-18-16-14-12-10-8-5-2/h36H,4-35H2,1-3H3,(H,41,42). The minimum atomic E-state index is -4.27. The molecule has 2 unspecified atom stereocenters. The molecule has 0 heterocycles. The third-order valence-electron chi connectivity index (χ3n) is 8.66. The lowest BCUT2D eigenvalue weighted by Crippen LogP contribution is -2.29. The Morgan fingerprint density at radius 1 is 0.489 bits per heavy atom. The first-order valence-electron chi connectivity index (χ1n) is 19.8. The van der Waals surface area contributed by atoms with Crippen LogP contribution in [0.25, 0.3) is 0 Å². The van der Waals surface area contributed by atoms with E-state index < -0.39 is 19.9 Å². The van der Waals surface area contributed by atoms with Crippen molar-refractivity contribution in [3.05, 3.63) is 0 Å². The van der Waals surface area contributed by atoms with Crippen molar-refractivity contribution in [1.82, 2.24) is 0 Å². The van der Waals surface area contributed by atoms with Crippen LogP contribution in [0.1, 0.15) is 207 Å². The minimum Gasteiger partial charge on any atom is -0.462 e. The Hall–Kier alpha value is -0.950. The van der Waals surface area contributed by atoms with Gasteiger partial charge in [0.25, 0.3) is 0 Å². The second kappa shape index (κ2) is 34.9. The van der Waals surface area contributed by atoms with Crippen LogP contribution < -0.4 is 0 Å². The van der Waals surface area contributed by atoms with Crippen LogP contribution in [0.2, 0.25) is 0 Å². The predicted octanol–water partition coefficient (Wildman–Crippen LogP) is 11.9. The van der Waals surface area contributed by atoms with Gasteiger partial charge in [-0.25, -0.2) is 4.57 Å². The molecule has 280 valence electrons. The molecule has 0 aromatic rings. The lowest BCUT2D eigenvalue weighted by Gasteiger charge is -2.19. The summed E-state index contributed by atoms with van der Waals surface area (Å²) in [6.07, 6.45) is 32.9. The maximum absolute atomic E-state index is 12.5. The molecule has 0 spiro atoms. The molecule has 0 aromatic carbocycles. The Bertz CT molecular complexity index is 747. The molecular weight excluding hydrogens is 615 g/mol. The average molecular weight is 691 g/mol. The van der Waals surface area contributed by atoms with Gasteiger partial charge in [-0.05, 0) is 19.8 Å². The second-order valence-corrected chi connectivity index (χ2v) is 14.8. The molecule has 9 heteroatoms. The number of hydrogen-bond donors (Lipinski definition) is 1. The molecule has 0 aliphatic carbocycles. The van der Waals surface area contributed by atoms with Crippen molar-refractivity contribution in [1.29, 1.82) is 0 Å². The molecule has 0 fully saturated rings. The topological polar surface area (TPSA) is 108 Å². The van der Waals surface area contributed by atoms with Crippen molar-refractivity contribution in [2.75, 3.05) is 19.8 Å². The SMILES string of the molecule is CCCCCCCCCCCCCCCCC(=O)OC(COC(=O)CCCCCCCCCCCCCCC)COP(=O)(O)OCC. The summed E-state index contributed by atoms with van der Waals surface area (Å²) in [5.74, 6) is -0.785. The fraction of sp³-hybridized carbons (Fsp3) is 0.947. The molecule has 0 bridgehead atoms. The van der Waals surface area contributed by atoms with E-state index in [9.17, 15) is 19.0 Å². The largest absolute Gasteiger partial charge is 0.472 e. The van der Waals surface area contributed by atoms with Crippen LogP contribution in [0.5, 0.6) is 0 Å². The van der Waals surface area contributed by atoms with Crippen LogP contribution in [0, 0.1) is 0 Å². The molecule has 0 aromatic heterocycles. The number of ether oxygens (including phenoxy) is 2. The number of phosphoric ester groups is 1. The summed E-state index contributed by atoms with van der Waals surface area (Å²) in [7, 11) is -4.27. The van der Waals surface area contributed by atoms with E-state index in [1.807, 2.05) is 0 Å². The van der Waals surface area contributed by atoms with E-state index >= 15 is 0 Å². The molecule has 0 saturated carbocycles. The summed E-state index contributed by atoms with van der Waals surface area (Å²) in [6, 6.07) is 0. The predicted molar refractivity (Wildman–Crippen MR) is 193 cm³/mol. The van der Waals surface area contributed by atoms with Gasteiger partial charge >= 0.3 is 19.8 Å². The fourth-order valence-corrected chi connectivity index (χ4v) is 6.50. The second-order valence-electron chi connectivity index (χ2n) is 13.3. The number of rotatable bonds is 37. The summed E-state index contributed by atoms with van der Waals surface area (Å²) in [5.41, 5.74) is 0. The number of unbranched alkanes of at least 4 members (excludes halogenated alkanes) is 25. The van der Waals surface area contributed by atoms with Gasteiger partial charge in [0.15, 0.2) is 6.10 Å². The highest BCUT2D eigenvalue weighted by atomic mass is 31.2. The third kappa shape index (κ3) is 34.7. The van der Waals surface area contributed by atoms with E-state index in [-0.39, 0.29) is 32.2 Å². The van der Waals surface area contributed by atoms with Crippen LogP contribution in [-0.2, 0) is 32.7 Å². The van der Waals surface area contributed by atoms with Gasteiger partial charge < -0.3 is 14.4 Å². The molecule has 1 N–H and O–H groups in total. The first-order chi connectivity index (χ1) is 22.8. The first-order valence-corrected chi connectivity index (χ1v) is 21.3. The van der Waals surface area contributed by atoms with Gasteiger partial charge in [0.2, 0.25) is 0 Å². The zero-order valence-electron chi connectivity index (χ0n) is 31.0. The maximum atomic E-state index is 12.5. The molecular formula is C38H75O8P. The van der Waals surface area contributed by atoms with E-state index in [4.69, 9.17) is 18.5 Å². The lowest BCUT2D eigenvalue weighted by molar-refractivity contribution is -0.161. The summed E-state index contributed by atoms with van der Waals surface area (Å²) in [4.78, 5) is 34.6. The van der Waals surface area contributed by atoms with Crippen LogP contribution in [0.3, 0.4) is 0 Å². The van der Waals surface area contributed by atoms with Gasteiger partial charge in [0.1, 0.15) is 6.61 Å². The Balaban J connectivity index is 4.09. The summed E-state index contributed by atoms with van der Waals surface area (Å²) in [6.45, 7) is 5.49. The van der Waals surface area contributed by atoms with Crippen LogP contribution in [-0.4, -0.2) is 42.8 Å². The van der Waals surface area contributed by atoms with Crippen molar-refractivity contribution in [2.45, 2.75) is 213 Å². The van der Waals surface area contributed by atoms with Gasteiger partial charge in [0.05, 0.1) is 13.2 Å². The Kier molecular flexibility index (Phi) is 34.2. The van der Waals surface area contributed by atoms with Gasteiger partial charge in [-0.15, -0.1) is 0 Å². The highest BCUT2D eigenvalue weighted by Gasteiger charge is 2.25. The van der Waals surface area contributed by atoms with E-state index in [1.54, 1.807) is 6.92 Å². The monoisotopic (exact) mass is 691 g/mol. The quantitative estimate of drug-likeness (QED) is 0.0390. The molecule has 47 heavy (non-hydrogen) atoms. The summed E-state index contributed by atoms with van der Waals surface area (Å²) < 4.78 is 32.5. The Morgan fingerprint density at radius 2 is 0.830 bits per heavy atom. The van der Waals surface area contributed by atoms with E-state index in [2.05, 4.69) is 13.8 Å². The average Bonchev–Trinajstić information content (AvgIpc) is 3.04. The van der Waals surface area contributed by atoms with Crippen molar-refractivity contribution in [3.63, 3.8) is 0 Å². The zero-order chi connectivity index (χ0) is 34.7. The number of carbonyl (C=O) groups excluding carboxylic acids is 2. The van der Waals surface area contributed by atoms with Gasteiger partial charge in [-0.1, -0.05) is 174 Å². The molecule has 0 aliphatic heterocycles. The number of carbonyl (C=O) groups is 2. The highest BCUT2D eigenvalue weighted by molar-refractivity contribution is 7.47. The van der Waals surface area contributed by atoms with Crippen LogP contribution >= 0.6 is 7.82 Å². The van der Waals surface area contributed by atoms with Crippen LogP contribution in [0.15, 0.2) is 0 Å². The highest BCUT2D eigenvalue weighted by Crippen LogP contribution is 2.43. The lowest BCUT2D eigenvalue weighted by atomic mass is 10.0. The van der Waals surface area contributed by atoms with Crippen molar-refractivity contribution in [2.24, 2.45) is 0 Å². The third-order valence-corrected chi connectivity index (χ3v) is 9.72. The van der Waals surface area contributed by atoms with Crippen molar-refractivity contribution < 1.29 is 37.6 Å². The molecule has 0 amide bonds. The van der Waals surface area contributed by atoms with Gasteiger partial charge in [0, 0.05) is 12.8 Å². The summed E-state index contributed by atoms with van der Waals surface area (Å²) >= 11 is 0. The van der Waals surface area contributed by atoms with E-state index in [0.29, 0.717) is 6.42 Å². The number of hydrogen-bond acceptors (Lipinski definition) is 7. The van der Waals surface area contributed by atoms with Crippen molar-refractivity contribution in [3.8, 4) is 0 Å². The Morgan fingerprint density at radius 3 is 1.19 bits per heavy atom. The van der Waals surface area contributed by atoms with Crippen LogP contribution in [0.4, 0.5) is 0 Å². The molecule has 8 nitrogen and oxygen atoms in total. The Labute approximate surface area is 289 Å². The normalized spacial score (nSPS) is 13.4. The number of phosphoric acid groups is 1. The van der Waals surface area contributed by atoms with Gasteiger partial charge in [-0.3, -0.25) is 18.6 Å². The maximum Gasteiger partial charge on any atom is 0.472 e. The van der Waals surface area contributed by atoms with E-state index in [0.717, 1.165) is 38.5 Å². The molecule has 0 radical (unpaired) electrons. The number of esters is 2.